The summed E-state index contributed by atoms with van der Waals surface area (Å²) in [4.78, 5) is 2.41. The molecule has 0 saturated carbocycles. The Balaban J connectivity index is 1.15. The standard InChI is InChI=1S/C50H33NO/c1-3-15-37-32-39(26-24-34(37)12-1)51(40-27-25-35-13-2-4-16-38(35)33-40)48-30-28-44(42-19-7-9-21-46(42)48)45-29-31-50(47-22-10-8-20-43(45)47)52-49-23-11-17-36-14-5-6-18-41(36)49/h1-33H. The SMILES string of the molecule is c1ccc2cc(N(c3ccc4ccccc4c3)c3ccc(-c4ccc(Oc5cccc6ccccc56)c5ccccc45)c4ccccc34)ccc2c1. The van der Waals surface area contributed by atoms with Crippen molar-refractivity contribution in [3.63, 3.8) is 0 Å². The van der Waals surface area contributed by atoms with Gasteiger partial charge in [-0.1, -0.05) is 158 Å². The maximum Gasteiger partial charge on any atom is 0.135 e. The van der Waals surface area contributed by atoms with Crippen LogP contribution in [0.2, 0.25) is 0 Å². The molecule has 0 fully saturated rings. The van der Waals surface area contributed by atoms with Crippen LogP contribution in [0.4, 0.5) is 17.1 Å². The van der Waals surface area contributed by atoms with Crippen LogP contribution in [-0.2, 0) is 0 Å². The van der Waals surface area contributed by atoms with Crippen LogP contribution in [0.15, 0.2) is 200 Å². The Labute approximate surface area is 302 Å². The summed E-state index contributed by atoms with van der Waals surface area (Å²) in [7, 11) is 0. The van der Waals surface area contributed by atoms with Crippen LogP contribution in [0.1, 0.15) is 0 Å². The van der Waals surface area contributed by atoms with Gasteiger partial charge in [0, 0.05) is 27.5 Å². The second-order valence-electron chi connectivity index (χ2n) is 13.3. The van der Waals surface area contributed by atoms with Crippen molar-refractivity contribution in [2.45, 2.75) is 0 Å². The zero-order valence-corrected chi connectivity index (χ0v) is 28.4. The number of rotatable bonds is 6. The zero-order valence-electron chi connectivity index (χ0n) is 28.4. The Kier molecular flexibility index (Phi) is 7.18. The molecule has 10 aromatic rings. The molecule has 0 atom stereocenters. The van der Waals surface area contributed by atoms with E-state index in [0.717, 1.165) is 50.1 Å². The van der Waals surface area contributed by atoms with Crippen molar-refractivity contribution in [3.8, 4) is 22.6 Å². The van der Waals surface area contributed by atoms with E-state index < -0.39 is 0 Å². The number of ether oxygens (including phenoxy) is 1. The Hall–Kier alpha value is -6.90. The quantitative estimate of drug-likeness (QED) is 0.176. The molecule has 0 N–H and O–H groups in total. The first kappa shape index (κ1) is 30.0. The maximum atomic E-state index is 6.69. The molecule has 10 aromatic carbocycles. The molecule has 10 rings (SSSR count). The lowest BCUT2D eigenvalue weighted by molar-refractivity contribution is 0.494. The fraction of sp³-hybridized carbons (Fsp3) is 0. The third kappa shape index (κ3) is 5.12. The minimum Gasteiger partial charge on any atom is -0.456 e. The van der Waals surface area contributed by atoms with Crippen molar-refractivity contribution in [2.75, 3.05) is 4.90 Å². The molecule has 0 aliphatic carbocycles. The van der Waals surface area contributed by atoms with Gasteiger partial charge in [-0.05, 0) is 91.3 Å². The maximum absolute atomic E-state index is 6.69. The average molecular weight is 664 g/mol. The average Bonchev–Trinajstić information content (AvgIpc) is 3.21. The van der Waals surface area contributed by atoms with Gasteiger partial charge in [0.25, 0.3) is 0 Å². The molecule has 0 aromatic heterocycles. The summed E-state index contributed by atoms with van der Waals surface area (Å²) < 4.78 is 6.69. The van der Waals surface area contributed by atoms with E-state index in [-0.39, 0.29) is 0 Å². The number of nitrogens with zero attached hydrogens (tertiary/aromatic N) is 1. The summed E-state index contributed by atoms with van der Waals surface area (Å²) >= 11 is 0. The molecule has 2 nitrogen and oxygen atoms in total. The summed E-state index contributed by atoms with van der Waals surface area (Å²) in [5, 5.41) is 11.7. The first-order valence-corrected chi connectivity index (χ1v) is 17.8. The minimum absolute atomic E-state index is 0.843. The molecule has 244 valence electrons. The molecule has 0 heterocycles. The van der Waals surface area contributed by atoms with Gasteiger partial charge in [-0.25, -0.2) is 0 Å². The molecular weight excluding hydrogens is 631 g/mol. The largest absolute Gasteiger partial charge is 0.456 e. The molecule has 0 unspecified atom stereocenters. The highest BCUT2D eigenvalue weighted by Crippen LogP contribution is 2.45. The molecule has 0 spiro atoms. The smallest absolute Gasteiger partial charge is 0.135 e. The van der Waals surface area contributed by atoms with E-state index in [4.69, 9.17) is 4.74 Å². The fourth-order valence-electron chi connectivity index (χ4n) is 7.77. The van der Waals surface area contributed by atoms with E-state index in [1.165, 1.54) is 43.4 Å². The summed E-state index contributed by atoms with van der Waals surface area (Å²) in [6, 6.07) is 71.6. The lowest BCUT2D eigenvalue weighted by atomic mass is 9.92. The van der Waals surface area contributed by atoms with Gasteiger partial charge in [0.2, 0.25) is 0 Å². The van der Waals surface area contributed by atoms with Crippen LogP contribution >= 0.6 is 0 Å². The second kappa shape index (κ2) is 12.5. The molecule has 0 aliphatic rings. The lowest BCUT2D eigenvalue weighted by Crippen LogP contribution is -2.10. The van der Waals surface area contributed by atoms with E-state index >= 15 is 0 Å². The Morgan fingerprint density at radius 2 is 0.750 bits per heavy atom. The van der Waals surface area contributed by atoms with Crippen molar-refractivity contribution < 1.29 is 4.74 Å². The van der Waals surface area contributed by atoms with Crippen molar-refractivity contribution in [1.82, 2.24) is 0 Å². The van der Waals surface area contributed by atoms with Crippen molar-refractivity contribution >= 4 is 70.9 Å². The topological polar surface area (TPSA) is 12.5 Å². The summed E-state index contributed by atoms with van der Waals surface area (Å²) in [6.45, 7) is 0. The third-order valence-electron chi connectivity index (χ3n) is 10.3. The van der Waals surface area contributed by atoms with Crippen LogP contribution in [0, 0.1) is 0 Å². The fourth-order valence-corrected chi connectivity index (χ4v) is 7.77. The molecule has 0 saturated heterocycles. The van der Waals surface area contributed by atoms with Crippen LogP contribution in [0.5, 0.6) is 11.5 Å². The third-order valence-corrected chi connectivity index (χ3v) is 10.3. The molecule has 0 amide bonds. The number of anilines is 3. The molecule has 0 bridgehead atoms. The Bertz CT molecular complexity index is 2880. The number of fused-ring (bicyclic) bond motifs is 5. The van der Waals surface area contributed by atoms with Gasteiger partial charge in [-0.2, -0.15) is 0 Å². The van der Waals surface area contributed by atoms with Crippen molar-refractivity contribution in [1.29, 1.82) is 0 Å². The molecule has 52 heavy (non-hydrogen) atoms. The van der Waals surface area contributed by atoms with Crippen LogP contribution < -0.4 is 9.64 Å². The van der Waals surface area contributed by atoms with Gasteiger partial charge < -0.3 is 9.64 Å². The van der Waals surface area contributed by atoms with E-state index in [0.29, 0.717) is 0 Å². The highest BCUT2D eigenvalue weighted by atomic mass is 16.5. The van der Waals surface area contributed by atoms with Crippen LogP contribution in [-0.4, -0.2) is 0 Å². The second-order valence-corrected chi connectivity index (χ2v) is 13.3. The Morgan fingerprint density at radius 3 is 1.40 bits per heavy atom. The van der Waals surface area contributed by atoms with Crippen LogP contribution in [0.3, 0.4) is 0 Å². The molecule has 0 radical (unpaired) electrons. The van der Waals surface area contributed by atoms with E-state index in [1.54, 1.807) is 0 Å². The summed E-state index contributed by atoms with van der Waals surface area (Å²) in [5.41, 5.74) is 5.72. The highest BCUT2D eigenvalue weighted by molar-refractivity contribution is 6.11. The number of hydrogen-bond donors (Lipinski definition) is 0. The number of hydrogen-bond acceptors (Lipinski definition) is 2. The predicted octanol–water partition coefficient (Wildman–Crippen LogP) is 14.4. The van der Waals surface area contributed by atoms with Gasteiger partial charge in [0.05, 0.1) is 5.69 Å². The zero-order chi connectivity index (χ0) is 34.4. The first-order chi connectivity index (χ1) is 25.8. The van der Waals surface area contributed by atoms with Gasteiger partial charge in [-0.15, -0.1) is 0 Å². The monoisotopic (exact) mass is 663 g/mol. The van der Waals surface area contributed by atoms with Gasteiger partial charge in [0.1, 0.15) is 11.5 Å². The van der Waals surface area contributed by atoms with Gasteiger partial charge in [-0.3, -0.25) is 0 Å². The van der Waals surface area contributed by atoms with E-state index in [9.17, 15) is 0 Å². The highest BCUT2D eigenvalue weighted by Gasteiger charge is 2.19. The summed E-state index contributed by atoms with van der Waals surface area (Å²) in [5.74, 6) is 1.70. The Morgan fingerprint density at radius 1 is 0.288 bits per heavy atom. The van der Waals surface area contributed by atoms with Gasteiger partial charge in [0.15, 0.2) is 0 Å². The lowest BCUT2D eigenvalue weighted by Gasteiger charge is -2.28. The van der Waals surface area contributed by atoms with E-state index in [2.05, 4.69) is 199 Å². The predicted molar refractivity (Wildman–Crippen MR) is 221 cm³/mol. The number of benzene rings is 10. The van der Waals surface area contributed by atoms with Gasteiger partial charge >= 0.3 is 0 Å². The molecular formula is C50H33NO. The normalized spacial score (nSPS) is 11.5. The minimum atomic E-state index is 0.843. The van der Waals surface area contributed by atoms with Crippen molar-refractivity contribution in [3.05, 3.63) is 200 Å². The van der Waals surface area contributed by atoms with Crippen LogP contribution in [0.25, 0.3) is 65.0 Å². The van der Waals surface area contributed by atoms with E-state index in [1.807, 2.05) is 6.07 Å². The summed E-state index contributed by atoms with van der Waals surface area (Å²) in [6.07, 6.45) is 0. The molecule has 0 aliphatic heterocycles. The molecule has 2 heteroatoms. The van der Waals surface area contributed by atoms with Crippen molar-refractivity contribution in [2.24, 2.45) is 0 Å². The first-order valence-electron chi connectivity index (χ1n) is 17.8.